The second-order valence-electron chi connectivity index (χ2n) is 5.72. The first-order valence-electron chi connectivity index (χ1n) is 7.23. The topological polar surface area (TPSA) is 33.7 Å². The Labute approximate surface area is 122 Å². The molecule has 1 saturated heterocycles. The van der Waals surface area contributed by atoms with Crippen molar-refractivity contribution in [2.45, 2.75) is 38.4 Å². The molecule has 20 heavy (non-hydrogen) atoms. The second-order valence-corrected chi connectivity index (χ2v) is 5.72. The lowest BCUT2D eigenvalue weighted by Gasteiger charge is -2.22. The lowest BCUT2D eigenvalue weighted by atomic mass is 10.0. The Morgan fingerprint density at radius 1 is 1.30 bits per heavy atom. The lowest BCUT2D eigenvalue weighted by Crippen LogP contribution is -2.33. The van der Waals surface area contributed by atoms with Crippen LogP contribution in [-0.2, 0) is 0 Å². The van der Waals surface area contributed by atoms with Gasteiger partial charge in [0.05, 0.1) is 14.2 Å². The van der Waals surface area contributed by atoms with Crippen molar-refractivity contribution in [2.24, 2.45) is 0 Å². The van der Waals surface area contributed by atoms with E-state index in [4.69, 9.17) is 9.47 Å². The molecule has 0 radical (unpaired) electrons. The van der Waals surface area contributed by atoms with Crippen LogP contribution < -0.4 is 14.8 Å². The van der Waals surface area contributed by atoms with Crippen molar-refractivity contribution in [1.82, 2.24) is 10.2 Å². The van der Waals surface area contributed by atoms with Gasteiger partial charge in [-0.3, -0.25) is 0 Å². The number of likely N-dealkylation sites (N-methyl/N-ethyl adjacent to an activating group) is 1. The molecule has 1 heterocycles. The predicted molar refractivity (Wildman–Crippen MR) is 81.6 cm³/mol. The fourth-order valence-corrected chi connectivity index (χ4v) is 2.93. The van der Waals surface area contributed by atoms with E-state index in [1.807, 2.05) is 12.1 Å². The monoisotopic (exact) mass is 278 g/mol. The minimum atomic E-state index is 0.263. The van der Waals surface area contributed by atoms with Crippen LogP contribution in [0, 0.1) is 0 Å². The summed E-state index contributed by atoms with van der Waals surface area (Å²) >= 11 is 0. The molecule has 0 bridgehead atoms. The summed E-state index contributed by atoms with van der Waals surface area (Å²) < 4.78 is 10.7. The van der Waals surface area contributed by atoms with Crippen LogP contribution in [-0.4, -0.2) is 44.8 Å². The fraction of sp³-hybridized carbons (Fsp3) is 0.625. The summed E-state index contributed by atoms with van der Waals surface area (Å²) in [5.74, 6) is 1.70. The average molecular weight is 278 g/mol. The first kappa shape index (κ1) is 15.1. The molecule has 3 atom stereocenters. The third kappa shape index (κ3) is 3.25. The zero-order valence-electron chi connectivity index (χ0n) is 13.1. The molecule has 4 nitrogen and oxygen atoms in total. The number of benzene rings is 1. The number of methoxy groups -OCH3 is 2. The van der Waals surface area contributed by atoms with Gasteiger partial charge in [0.2, 0.25) is 0 Å². The van der Waals surface area contributed by atoms with Crippen LogP contribution in [0.3, 0.4) is 0 Å². The Balaban J connectivity index is 2.07. The molecule has 2 rings (SSSR count). The minimum Gasteiger partial charge on any atom is -0.497 e. The maximum atomic E-state index is 5.49. The smallest absolute Gasteiger partial charge is 0.127 e. The number of ether oxygens (including phenoxy) is 2. The largest absolute Gasteiger partial charge is 0.497 e. The molecule has 1 N–H and O–H groups in total. The van der Waals surface area contributed by atoms with E-state index in [9.17, 15) is 0 Å². The van der Waals surface area contributed by atoms with Crippen LogP contribution in [0.4, 0.5) is 0 Å². The molecule has 0 saturated carbocycles. The summed E-state index contributed by atoms with van der Waals surface area (Å²) in [4.78, 5) is 2.40. The summed E-state index contributed by atoms with van der Waals surface area (Å²) in [5.41, 5.74) is 1.18. The van der Waals surface area contributed by atoms with Crippen molar-refractivity contribution in [3.63, 3.8) is 0 Å². The van der Waals surface area contributed by atoms with Crippen molar-refractivity contribution < 1.29 is 9.47 Å². The maximum absolute atomic E-state index is 5.49. The van der Waals surface area contributed by atoms with E-state index in [0.29, 0.717) is 12.1 Å². The van der Waals surface area contributed by atoms with Gasteiger partial charge in [0.25, 0.3) is 0 Å². The van der Waals surface area contributed by atoms with E-state index >= 15 is 0 Å². The summed E-state index contributed by atoms with van der Waals surface area (Å²) in [6, 6.07) is 7.46. The van der Waals surface area contributed by atoms with Gasteiger partial charge in [0.1, 0.15) is 11.5 Å². The molecule has 0 aliphatic carbocycles. The van der Waals surface area contributed by atoms with Gasteiger partial charge >= 0.3 is 0 Å². The van der Waals surface area contributed by atoms with Gasteiger partial charge in [0, 0.05) is 36.3 Å². The van der Waals surface area contributed by atoms with Gasteiger partial charge in [-0.2, -0.15) is 0 Å². The summed E-state index contributed by atoms with van der Waals surface area (Å²) in [5, 5.41) is 3.71. The molecule has 0 amide bonds. The maximum Gasteiger partial charge on any atom is 0.127 e. The Morgan fingerprint density at radius 2 is 2.05 bits per heavy atom. The molecular weight excluding hydrogens is 252 g/mol. The summed E-state index contributed by atoms with van der Waals surface area (Å²) in [6.07, 6.45) is 1.19. The van der Waals surface area contributed by atoms with Crippen LogP contribution in [0.1, 0.15) is 31.9 Å². The minimum absolute atomic E-state index is 0.263. The molecule has 112 valence electrons. The highest BCUT2D eigenvalue weighted by Gasteiger charge is 2.27. The van der Waals surface area contributed by atoms with Crippen molar-refractivity contribution >= 4 is 0 Å². The predicted octanol–water partition coefficient (Wildman–Crippen LogP) is 2.45. The van der Waals surface area contributed by atoms with Crippen LogP contribution in [0.5, 0.6) is 11.5 Å². The van der Waals surface area contributed by atoms with E-state index in [-0.39, 0.29) is 6.04 Å². The zero-order valence-corrected chi connectivity index (χ0v) is 13.1. The number of hydrogen-bond acceptors (Lipinski definition) is 4. The Morgan fingerprint density at radius 3 is 2.60 bits per heavy atom. The van der Waals surface area contributed by atoms with Gasteiger partial charge < -0.3 is 19.7 Å². The van der Waals surface area contributed by atoms with Crippen molar-refractivity contribution in [3.05, 3.63) is 23.8 Å². The quantitative estimate of drug-likeness (QED) is 0.897. The van der Waals surface area contributed by atoms with E-state index in [2.05, 4.69) is 37.2 Å². The van der Waals surface area contributed by atoms with E-state index in [0.717, 1.165) is 18.0 Å². The van der Waals surface area contributed by atoms with Crippen LogP contribution in [0.2, 0.25) is 0 Å². The normalized spacial score (nSPS) is 24.6. The molecule has 1 aromatic carbocycles. The molecule has 3 unspecified atom stereocenters. The second kappa shape index (κ2) is 6.46. The van der Waals surface area contributed by atoms with Crippen LogP contribution in [0.25, 0.3) is 0 Å². The number of nitrogens with one attached hydrogen (secondary N) is 1. The van der Waals surface area contributed by atoms with Gasteiger partial charge in [-0.25, -0.2) is 0 Å². The van der Waals surface area contributed by atoms with Crippen molar-refractivity contribution in [2.75, 3.05) is 27.8 Å². The molecule has 1 aromatic rings. The summed E-state index contributed by atoms with van der Waals surface area (Å²) in [7, 11) is 5.56. The lowest BCUT2D eigenvalue weighted by molar-refractivity contribution is 0.324. The third-order valence-electron chi connectivity index (χ3n) is 4.28. The van der Waals surface area contributed by atoms with E-state index < -0.39 is 0 Å². The molecule has 1 aliphatic heterocycles. The fourth-order valence-electron chi connectivity index (χ4n) is 2.93. The highest BCUT2D eigenvalue weighted by Crippen LogP contribution is 2.30. The molecule has 0 aromatic heterocycles. The first-order valence-corrected chi connectivity index (χ1v) is 7.23. The average Bonchev–Trinajstić information content (AvgIpc) is 2.76. The number of nitrogens with zero attached hydrogens (tertiary/aromatic N) is 1. The Kier molecular flexibility index (Phi) is 4.89. The molecule has 1 fully saturated rings. The number of likely N-dealkylation sites (tertiary alicyclic amines) is 1. The van der Waals surface area contributed by atoms with E-state index in [1.54, 1.807) is 14.2 Å². The van der Waals surface area contributed by atoms with Gasteiger partial charge in [0.15, 0.2) is 0 Å². The van der Waals surface area contributed by atoms with E-state index in [1.165, 1.54) is 12.0 Å². The number of hydrogen-bond donors (Lipinski definition) is 1. The molecule has 0 spiro atoms. The van der Waals surface area contributed by atoms with Crippen molar-refractivity contribution in [3.8, 4) is 11.5 Å². The van der Waals surface area contributed by atoms with Gasteiger partial charge in [-0.1, -0.05) is 6.07 Å². The molecule has 1 aliphatic rings. The third-order valence-corrected chi connectivity index (χ3v) is 4.28. The summed E-state index contributed by atoms with van der Waals surface area (Å²) in [6.45, 7) is 5.57. The highest BCUT2D eigenvalue weighted by molar-refractivity contribution is 5.42. The zero-order chi connectivity index (χ0) is 14.7. The molecular formula is C16H26N2O2. The standard InChI is InChI=1S/C16H26N2O2/c1-11-8-13(10-18(11)3)17-12(2)15-7-6-14(19-4)9-16(15)20-5/h6-7,9,11-13,17H,8,10H2,1-5H3. The Bertz CT molecular complexity index is 440. The van der Waals surface area contributed by atoms with Crippen LogP contribution >= 0.6 is 0 Å². The molecule has 4 heteroatoms. The Hall–Kier alpha value is -1.26. The van der Waals surface area contributed by atoms with Crippen molar-refractivity contribution in [1.29, 1.82) is 0 Å². The van der Waals surface area contributed by atoms with Crippen LogP contribution in [0.15, 0.2) is 18.2 Å². The SMILES string of the molecule is COc1ccc(C(C)NC2CC(C)N(C)C2)c(OC)c1. The van der Waals surface area contributed by atoms with Gasteiger partial charge in [-0.15, -0.1) is 0 Å². The highest BCUT2D eigenvalue weighted by atomic mass is 16.5. The first-order chi connectivity index (χ1) is 9.55. The number of rotatable bonds is 5. The van der Waals surface area contributed by atoms with Gasteiger partial charge in [-0.05, 0) is 33.4 Å².